The van der Waals surface area contributed by atoms with Crippen LogP contribution in [0.15, 0.2) is 24.3 Å². The molecule has 0 radical (unpaired) electrons. The first-order valence-corrected chi connectivity index (χ1v) is 6.41. The number of hydrogen-bond acceptors (Lipinski definition) is 4. The summed E-state index contributed by atoms with van der Waals surface area (Å²) >= 11 is 0. The van der Waals surface area contributed by atoms with Gasteiger partial charge in [-0.25, -0.2) is 0 Å². The van der Waals surface area contributed by atoms with Crippen LogP contribution in [0.1, 0.15) is 13.3 Å². The second kappa shape index (κ2) is 8.50. The molecule has 5 nitrogen and oxygen atoms in total. The number of anilines is 1. The minimum absolute atomic E-state index is 0.0821. The highest BCUT2D eigenvalue weighted by Crippen LogP contribution is 2.14. The summed E-state index contributed by atoms with van der Waals surface area (Å²) in [6, 6.07) is 7.19. The lowest BCUT2D eigenvalue weighted by Gasteiger charge is -2.11. The molecule has 0 bridgehead atoms. The van der Waals surface area contributed by atoms with Crippen molar-refractivity contribution in [1.29, 1.82) is 0 Å². The van der Waals surface area contributed by atoms with E-state index in [2.05, 4.69) is 10.6 Å². The molecule has 5 heteroatoms. The van der Waals surface area contributed by atoms with Crippen LogP contribution < -0.4 is 15.4 Å². The molecule has 0 aliphatic rings. The van der Waals surface area contributed by atoms with Crippen molar-refractivity contribution in [3.63, 3.8) is 0 Å². The van der Waals surface area contributed by atoms with Gasteiger partial charge in [0.05, 0.1) is 13.7 Å². The standard InChI is InChI=1S/C14H22N2O3/c1-11(7-8-17)9-15-10-14(18)16-12-3-5-13(19-2)6-4-12/h3-6,11,15,17H,7-10H2,1-2H3,(H,16,18). The summed E-state index contributed by atoms with van der Waals surface area (Å²) in [6.45, 7) is 3.20. The molecule has 3 N–H and O–H groups in total. The maximum atomic E-state index is 11.7. The smallest absolute Gasteiger partial charge is 0.238 e. The van der Waals surface area contributed by atoms with Crippen molar-refractivity contribution in [3.8, 4) is 5.75 Å². The molecule has 0 spiro atoms. The van der Waals surface area contributed by atoms with E-state index in [4.69, 9.17) is 9.84 Å². The number of carbonyl (C=O) groups is 1. The van der Waals surface area contributed by atoms with Crippen molar-refractivity contribution in [1.82, 2.24) is 5.32 Å². The minimum Gasteiger partial charge on any atom is -0.497 e. The number of benzene rings is 1. The van der Waals surface area contributed by atoms with Crippen molar-refractivity contribution in [2.75, 3.05) is 32.1 Å². The number of aliphatic hydroxyl groups is 1. The molecule has 0 heterocycles. The van der Waals surface area contributed by atoms with E-state index in [1.54, 1.807) is 31.4 Å². The van der Waals surface area contributed by atoms with Crippen LogP contribution in [-0.4, -0.2) is 37.8 Å². The minimum atomic E-state index is -0.0821. The number of methoxy groups -OCH3 is 1. The fraction of sp³-hybridized carbons (Fsp3) is 0.500. The molecular weight excluding hydrogens is 244 g/mol. The first-order valence-electron chi connectivity index (χ1n) is 6.41. The van der Waals surface area contributed by atoms with E-state index in [1.807, 2.05) is 6.92 Å². The Morgan fingerprint density at radius 1 is 1.37 bits per heavy atom. The van der Waals surface area contributed by atoms with Crippen LogP contribution in [0.2, 0.25) is 0 Å². The van der Waals surface area contributed by atoms with E-state index in [-0.39, 0.29) is 19.1 Å². The van der Waals surface area contributed by atoms with Gasteiger partial charge in [0, 0.05) is 12.3 Å². The fourth-order valence-electron chi connectivity index (χ4n) is 1.63. The zero-order valence-electron chi connectivity index (χ0n) is 11.5. The molecule has 1 aromatic rings. The summed E-state index contributed by atoms with van der Waals surface area (Å²) in [5, 5.41) is 14.6. The molecule has 19 heavy (non-hydrogen) atoms. The van der Waals surface area contributed by atoms with Gasteiger partial charge in [-0.2, -0.15) is 0 Å². The highest BCUT2D eigenvalue weighted by atomic mass is 16.5. The monoisotopic (exact) mass is 266 g/mol. The molecule has 0 fully saturated rings. The van der Waals surface area contributed by atoms with Gasteiger partial charge in [-0.3, -0.25) is 4.79 Å². The lowest BCUT2D eigenvalue weighted by Crippen LogP contribution is -2.31. The number of nitrogens with one attached hydrogen (secondary N) is 2. The van der Waals surface area contributed by atoms with Crippen molar-refractivity contribution in [2.45, 2.75) is 13.3 Å². The van der Waals surface area contributed by atoms with Crippen LogP contribution in [0.25, 0.3) is 0 Å². The summed E-state index contributed by atoms with van der Waals surface area (Å²) < 4.78 is 5.04. The molecule has 106 valence electrons. The van der Waals surface area contributed by atoms with E-state index in [9.17, 15) is 4.79 Å². The highest BCUT2D eigenvalue weighted by Gasteiger charge is 2.04. The molecule has 0 aliphatic carbocycles. The van der Waals surface area contributed by atoms with Crippen LogP contribution in [0.3, 0.4) is 0 Å². The highest BCUT2D eigenvalue weighted by molar-refractivity contribution is 5.92. The Hall–Kier alpha value is -1.59. The summed E-state index contributed by atoms with van der Waals surface area (Å²) in [5.74, 6) is 1.04. The Morgan fingerprint density at radius 2 is 2.05 bits per heavy atom. The lowest BCUT2D eigenvalue weighted by molar-refractivity contribution is -0.115. The van der Waals surface area contributed by atoms with Crippen molar-refractivity contribution < 1.29 is 14.6 Å². The Labute approximate surface area is 114 Å². The molecule has 1 atom stereocenters. The molecule has 0 aromatic heterocycles. The average Bonchev–Trinajstić information content (AvgIpc) is 2.40. The Morgan fingerprint density at radius 3 is 2.63 bits per heavy atom. The van der Waals surface area contributed by atoms with Gasteiger partial charge in [-0.15, -0.1) is 0 Å². The van der Waals surface area contributed by atoms with E-state index < -0.39 is 0 Å². The Bertz CT molecular complexity index is 379. The number of amides is 1. The number of aliphatic hydroxyl groups excluding tert-OH is 1. The predicted molar refractivity (Wildman–Crippen MR) is 75.4 cm³/mol. The maximum Gasteiger partial charge on any atom is 0.238 e. The first kappa shape index (κ1) is 15.5. The van der Waals surface area contributed by atoms with Gasteiger partial charge in [0.1, 0.15) is 5.75 Å². The Balaban J connectivity index is 2.26. The third-order valence-corrected chi connectivity index (χ3v) is 2.77. The van der Waals surface area contributed by atoms with Crippen LogP contribution in [0.5, 0.6) is 5.75 Å². The van der Waals surface area contributed by atoms with E-state index in [0.29, 0.717) is 5.92 Å². The number of ether oxygens (including phenoxy) is 1. The van der Waals surface area contributed by atoms with E-state index >= 15 is 0 Å². The van der Waals surface area contributed by atoms with Crippen LogP contribution >= 0.6 is 0 Å². The molecule has 0 saturated carbocycles. The number of hydrogen-bond donors (Lipinski definition) is 3. The van der Waals surface area contributed by atoms with Gasteiger partial charge in [-0.1, -0.05) is 6.92 Å². The second-order valence-electron chi connectivity index (χ2n) is 4.53. The van der Waals surface area contributed by atoms with Gasteiger partial charge in [0.2, 0.25) is 5.91 Å². The van der Waals surface area contributed by atoms with Crippen molar-refractivity contribution >= 4 is 11.6 Å². The third kappa shape index (κ3) is 6.22. The van der Waals surface area contributed by atoms with Gasteiger partial charge in [0.25, 0.3) is 0 Å². The summed E-state index contributed by atoms with van der Waals surface area (Å²) in [7, 11) is 1.60. The van der Waals surface area contributed by atoms with Crippen molar-refractivity contribution in [3.05, 3.63) is 24.3 Å². The normalized spacial score (nSPS) is 11.9. The number of carbonyl (C=O) groups excluding carboxylic acids is 1. The first-order chi connectivity index (χ1) is 9.15. The van der Waals surface area contributed by atoms with Gasteiger partial charge < -0.3 is 20.5 Å². The molecule has 1 amide bonds. The number of rotatable bonds is 8. The molecule has 0 aliphatic heterocycles. The summed E-state index contributed by atoms with van der Waals surface area (Å²) in [4.78, 5) is 11.7. The predicted octanol–water partition coefficient (Wildman–Crippen LogP) is 1.24. The largest absolute Gasteiger partial charge is 0.497 e. The van der Waals surface area contributed by atoms with Crippen LogP contribution in [0, 0.1) is 5.92 Å². The van der Waals surface area contributed by atoms with Crippen molar-refractivity contribution in [2.24, 2.45) is 5.92 Å². The summed E-state index contributed by atoms with van der Waals surface area (Å²) in [6.07, 6.45) is 0.743. The van der Waals surface area contributed by atoms with Gasteiger partial charge >= 0.3 is 0 Å². The SMILES string of the molecule is COc1ccc(NC(=O)CNCC(C)CCO)cc1. The zero-order chi connectivity index (χ0) is 14.1. The van der Waals surface area contributed by atoms with E-state index in [0.717, 1.165) is 24.4 Å². The fourth-order valence-corrected chi connectivity index (χ4v) is 1.63. The average molecular weight is 266 g/mol. The zero-order valence-corrected chi connectivity index (χ0v) is 11.5. The second-order valence-corrected chi connectivity index (χ2v) is 4.53. The Kier molecular flexibility index (Phi) is 6.92. The third-order valence-electron chi connectivity index (χ3n) is 2.77. The summed E-state index contributed by atoms with van der Waals surface area (Å²) in [5.41, 5.74) is 0.746. The molecule has 1 aromatic carbocycles. The topological polar surface area (TPSA) is 70.6 Å². The van der Waals surface area contributed by atoms with Crippen LogP contribution in [0.4, 0.5) is 5.69 Å². The quantitative estimate of drug-likeness (QED) is 0.662. The molecule has 0 saturated heterocycles. The maximum absolute atomic E-state index is 11.7. The van der Waals surface area contributed by atoms with E-state index in [1.165, 1.54) is 0 Å². The van der Waals surface area contributed by atoms with Crippen LogP contribution in [-0.2, 0) is 4.79 Å². The molecular formula is C14H22N2O3. The van der Waals surface area contributed by atoms with Gasteiger partial charge in [-0.05, 0) is 43.1 Å². The lowest BCUT2D eigenvalue weighted by atomic mass is 10.1. The molecule has 1 unspecified atom stereocenters. The van der Waals surface area contributed by atoms with Gasteiger partial charge in [0.15, 0.2) is 0 Å². The molecule has 1 rings (SSSR count).